The smallest absolute Gasteiger partial charge is 0.0889 e. The number of hydrogen-bond acceptors (Lipinski definition) is 2. The van der Waals surface area contributed by atoms with Crippen molar-refractivity contribution >= 4 is 28.2 Å². The van der Waals surface area contributed by atoms with Crippen molar-refractivity contribution in [2.45, 2.75) is 0 Å². The number of benzene rings is 1. The van der Waals surface area contributed by atoms with Crippen LogP contribution in [0.15, 0.2) is 30.5 Å². The Morgan fingerprint density at radius 2 is 2.17 bits per heavy atom. The Kier molecular flexibility index (Phi) is 1.62. The minimum absolute atomic E-state index is 0.657. The highest BCUT2D eigenvalue weighted by atomic mass is 35.5. The van der Waals surface area contributed by atoms with Gasteiger partial charge in [0.1, 0.15) is 0 Å². The number of halogens is 1. The van der Waals surface area contributed by atoms with Crippen molar-refractivity contribution in [1.82, 2.24) is 4.98 Å². The summed E-state index contributed by atoms with van der Waals surface area (Å²) in [7, 11) is 0. The molecular weight excluding hydrogens is 172 g/mol. The van der Waals surface area contributed by atoms with Gasteiger partial charge in [0.2, 0.25) is 0 Å². The van der Waals surface area contributed by atoms with Crippen molar-refractivity contribution in [3.05, 3.63) is 35.5 Å². The second-order valence-corrected chi connectivity index (χ2v) is 2.99. The molecule has 0 spiro atoms. The number of para-hydroxylation sites is 1. The van der Waals surface area contributed by atoms with Crippen LogP contribution in [0.2, 0.25) is 5.02 Å². The number of aromatic nitrogens is 1. The Bertz CT molecular complexity index is 426. The molecule has 2 nitrogen and oxygen atoms in total. The molecule has 1 heterocycles. The van der Waals surface area contributed by atoms with Gasteiger partial charge in [-0.05, 0) is 12.1 Å². The zero-order chi connectivity index (χ0) is 8.55. The molecule has 0 radical (unpaired) electrons. The van der Waals surface area contributed by atoms with Gasteiger partial charge in [-0.3, -0.25) is 4.98 Å². The van der Waals surface area contributed by atoms with Crippen LogP contribution < -0.4 is 5.73 Å². The fourth-order valence-corrected chi connectivity index (χ4v) is 1.37. The van der Waals surface area contributed by atoms with E-state index in [0.29, 0.717) is 10.7 Å². The summed E-state index contributed by atoms with van der Waals surface area (Å²) in [5.41, 5.74) is 7.02. The number of nitrogens with zero attached hydrogens (tertiary/aromatic N) is 1. The third kappa shape index (κ3) is 1.10. The first-order valence-electron chi connectivity index (χ1n) is 3.57. The van der Waals surface area contributed by atoms with Gasteiger partial charge in [0.15, 0.2) is 0 Å². The van der Waals surface area contributed by atoms with Crippen LogP contribution in [-0.2, 0) is 0 Å². The molecule has 0 saturated heterocycles. The maximum atomic E-state index is 5.91. The topological polar surface area (TPSA) is 38.9 Å². The predicted molar refractivity (Wildman–Crippen MR) is 51.2 cm³/mol. The summed E-state index contributed by atoms with van der Waals surface area (Å²) in [5.74, 6) is 0. The van der Waals surface area contributed by atoms with E-state index < -0.39 is 0 Å². The molecule has 2 N–H and O–H groups in total. The van der Waals surface area contributed by atoms with Gasteiger partial charge < -0.3 is 5.73 Å². The molecule has 0 amide bonds. The molecule has 0 atom stereocenters. The Labute approximate surface area is 75.0 Å². The third-order valence-corrected chi connectivity index (χ3v) is 1.99. The standard InChI is InChI=1S/C9H7ClN2/c10-8-3-1-2-6-4-7(11)5-12-9(6)8/h1-5H,11H2. The zero-order valence-corrected chi connectivity index (χ0v) is 7.05. The molecule has 1 aromatic carbocycles. The zero-order valence-electron chi connectivity index (χ0n) is 6.29. The summed E-state index contributed by atoms with van der Waals surface area (Å²) in [5, 5.41) is 1.63. The minimum Gasteiger partial charge on any atom is -0.397 e. The fraction of sp³-hybridized carbons (Fsp3) is 0. The first-order valence-corrected chi connectivity index (χ1v) is 3.95. The van der Waals surface area contributed by atoms with Crippen molar-refractivity contribution in [3.63, 3.8) is 0 Å². The lowest BCUT2D eigenvalue weighted by Gasteiger charge is -1.99. The van der Waals surface area contributed by atoms with Crippen LogP contribution in [0.25, 0.3) is 10.9 Å². The summed E-state index contributed by atoms with van der Waals surface area (Å²) in [6.07, 6.45) is 1.61. The fourth-order valence-electron chi connectivity index (χ4n) is 1.14. The van der Waals surface area contributed by atoms with Crippen LogP contribution in [0.1, 0.15) is 0 Å². The minimum atomic E-state index is 0.657. The van der Waals surface area contributed by atoms with E-state index >= 15 is 0 Å². The molecule has 0 unspecified atom stereocenters. The normalized spacial score (nSPS) is 10.4. The number of nitrogen functional groups attached to an aromatic ring is 1. The van der Waals surface area contributed by atoms with Crippen molar-refractivity contribution in [1.29, 1.82) is 0 Å². The second-order valence-electron chi connectivity index (χ2n) is 2.58. The number of fused-ring (bicyclic) bond motifs is 1. The van der Waals surface area contributed by atoms with E-state index in [-0.39, 0.29) is 0 Å². The summed E-state index contributed by atoms with van der Waals surface area (Å²) >= 11 is 5.91. The summed E-state index contributed by atoms with van der Waals surface area (Å²) in [4.78, 5) is 4.12. The van der Waals surface area contributed by atoms with Crippen LogP contribution in [0.3, 0.4) is 0 Å². The van der Waals surface area contributed by atoms with Gasteiger partial charge in [-0.15, -0.1) is 0 Å². The maximum Gasteiger partial charge on any atom is 0.0889 e. The van der Waals surface area contributed by atoms with Crippen LogP contribution in [0.4, 0.5) is 5.69 Å². The van der Waals surface area contributed by atoms with Gasteiger partial charge in [0, 0.05) is 5.39 Å². The van der Waals surface area contributed by atoms with E-state index in [4.69, 9.17) is 17.3 Å². The molecule has 2 rings (SSSR count). The van der Waals surface area contributed by atoms with E-state index in [1.54, 1.807) is 6.20 Å². The van der Waals surface area contributed by atoms with Gasteiger partial charge >= 0.3 is 0 Å². The second kappa shape index (κ2) is 2.64. The van der Waals surface area contributed by atoms with Gasteiger partial charge in [-0.2, -0.15) is 0 Å². The molecule has 1 aromatic heterocycles. The van der Waals surface area contributed by atoms with E-state index in [1.807, 2.05) is 24.3 Å². The summed E-state index contributed by atoms with van der Waals surface area (Å²) in [6, 6.07) is 7.48. The number of rotatable bonds is 0. The average Bonchev–Trinajstić information content (AvgIpc) is 2.04. The molecule has 0 aliphatic rings. The Morgan fingerprint density at radius 1 is 1.33 bits per heavy atom. The Hall–Kier alpha value is -1.28. The van der Waals surface area contributed by atoms with Gasteiger partial charge in [0.05, 0.1) is 22.4 Å². The molecule has 2 aromatic rings. The van der Waals surface area contributed by atoms with E-state index in [2.05, 4.69) is 4.98 Å². The Balaban J connectivity index is 2.86. The summed E-state index contributed by atoms with van der Waals surface area (Å²) < 4.78 is 0. The highest BCUT2D eigenvalue weighted by molar-refractivity contribution is 6.35. The molecule has 0 bridgehead atoms. The molecule has 0 fully saturated rings. The first kappa shape index (κ1) is 7.37. The molecule has 12 heavy (non-hydrogen) atoms. The lowest BCUT2D eigenvalue weighted by atomic mass is 10.2. The number of anilines is 1. The van der Waals surface area contributed by atoms with Gasteiger partial charge in [0.25, 0.3) is 0 Å². The highest BCUT2D eigenvalue weighted by Crippen LogP contribution is 2.21. The van der Waals surface area contributed by atoms with E-state index in [0.717, 1.165) is 10.9 Å². The third-order valence-electron chi connectivity index (χ3n) is 1.68. The van der Waals surface area contributed by atoms with Crippen LogP contribution in [0, 0.1) is 0 Å². The van der Waals surface area contributed by atoms with Gasteiger partial charge in [-0.1, -0.05) is 23.7 Å². The van der Waals surface area contributed by atoms with E-state index in [1.165, 1.54) is 0 Å². The van der Waals surface area contributed by atoms with Crippen molar-refractivity contribution in [2.24, 2.45) is 0 Å². The first-order chi connectivity index (χ1) is 5.77. The summed E-state index contributed by atoms with van der Waals surface area (Å²) in [6.45, 7) is 0. The monoisotopic (exact) mass is 178 g/mol. The SMILES string of the molecule is Nc1cnc2c(Cl)cccc2c1. The molecule has 0 aliphatic heterocycles. The largest absolute Gasteiger partial charge is 0.397 e. The van der Waals surface area contributed by atoms with Crippen LogP contribution in [-0.4, -0.2) is 4.98 Å². The number of nitrogens with two attached hydrogens (primary N) is 1. The van der Waals surface area contributed by atoms with Gasteiger partial charge in [-0.25, -0.2) is 0 Å². The highest BCUT2D eigenvalue weighted by Gasteiger charge is 1.98. The van der Waals surface area contributed by atoms with Crippen LogP contribution in [0.5, 0.6) is 0 Å². The number of pyridine rings is 1. The molecule has 3 heteroatoms. The average molecular weight is 179 g/mol. The lowest BCUT2D eigenvalue weighted by molar-refractivity contribution is 1.41. The maximum absolute atomic E-state index is 5.91. The van der Waals surface area contributed by atoms with Crippen molar-refractivity contribution in [3.8, 4) is 0 Å². The quantitative estimate of drug-likeness (QED) is 0.673. The van der Waals surface area contributed by atoms with Crippen molar-refractivity contribution in [2.75, 3.05) is 5.73 Å². The Morgan fingerprint density at radius 3 is 3.00 bits per heavy atom. The molecule has 0 aliphatic carbocycles. The molecule has 60 valence electrons. The lowest BCUT2D eigenvalue weighted by Crippen LogP contribution is -1.86. The van der Waals surface area contributed by atoms with Crippen molar-refractivity contribution < 1.29 is 0 Å². The van der Waals surface area contributed by atoms with E-state index in [9.17, 15) is 0 Å². The molecular formula is C9H7ClN2. The number of hydrogen-bond donors (Lipinski definition) is 1. The van der Waals surface area contributed by atoms with Crippen LogP contribution >= 0.6 is 11.6 Å². The predicted octanol–water partition coefficient (Wildman–Crippen LogP) is 2.47. The molecule has 0 saturated carbocycles.